The first-order valence-electron chi connectivity index (χ1n) is 4.45. The fraction of sp³-hybridized carbons (Fsp3) is 0.273. The summed E-state index contributed by atoms with van der Waals surface area (Å²) in [5.74, 6) is 0.218. The third kappa shape index (κ3) is 2.75. The summed E-state index contributed by atoms with van der Waals surface area (Å²) in [6.45, 7) is 5.39. The Balaban J connectivity index is 3.19. The molecule has 0 aliphatic heterocycles. The van der Waals surface area contributed by atoms with Gasteiger partial charge in [-0.3, -0.25) is 0 Å². The van der Waals surface area contributed by atoms with Gasteiger partial charge in [-0.1, -0.05) is 18.7 Å². The van der Waals surface area contributed by atoms with Crippen molar-refractivity contribution in [2.24, 2.45) is 0 Å². The number of benzene rings is 1. The van der Waals surface area contributed by atoms with E-state index in [0.717, 1.165) is 6.07 Å². The molecule has 0 saturated carbocycles. The van der Waals surface area contributed by atoms with Gasteiger partial charge >= 0.3 is 6.18 Å². The molecule has 0 spiro atoms. The summed E-state index contributed by atoms with van der Waals surface area (Å²) in [6.07, 6.45) is -3.20. The van der Waals surface area contributed by atoms with E-state index in [1.54, 1.807) is 6.92 Å². The van der Waals surface area contributed by atoms with Crippen molar-refractivity contribution in [1.29, 1.82) is 0 Å². The van der Waals surface area contributed by atoms with Gasteiger partial charge in [0.2, 0.25) is 0 Å². The molecular formula is C11H11F3O. The summed E-state index contributed by atoms with van der Waals surface area (Å²) in [5, 5.41) is 0. The van der Waals surface area contributed by atoms with Crippen LogP contribution in [0.25, 0.3) is 6.08 Å². The quantitative estimate of drug-likeness (QED) is 0.747. The van der Waals surface area contributed by atoms with Crippen molar-refractivity contribution in [3.05, 3.63) is 35.9 Å². The first-order chi connectivity index (χ1) is 6.99. The van der Waals surface area contributed by atoms with E-state index < -0.39 is 11.7 Å². The standard InChI is InChI=1S/C11H11F3O/c1-3-8-5-6-9(15-4-2)7-10(8)11(12,13)14/h3,5-7H,1,4H2,2H3. The molecule has 1 rings (SSSR count). The monoisotopic (exact) mass is 216 g/mol. The molecule has 0 heterocycles. The lowest BCUT2D eigenvalue weighted by molar-refractivity contribution is -0.137. The van der Waals surface area contributed by atoms with Gasteiger partial charge < -0.3 is 4.74 Å². The molecule has 1 aromatic carbocycles. The minimum absolute atomic E-state index is 0.0611. The van der Waals surface area contributed by atoms with Gasteiger partial charge in [0.25, 0.3) is 0 Å². The average molecular weight is 216 g/mol. The molecule has 0 bridgehead atoms. The van der Waals surface area contributed by atoms with E-state index in [9.17, 15) is 13.2 Å². The second-order valence-electron chi connectivity index (χ2n) is 2.88. The fourth-order valence-electron chi connectivity index (χ4n) is 1.22. The maximum absolute atomic E-state index is 12.6. The highest BCUT2D eigenvalue weighted by molar-refractivity contribution is 5.55. The highest BCUT2D eigenvalue weighted by Crippen LogP contribution is 2.34. The van der Waals surface area contributed by atoms with Crippen LogP contribution in [0, 0.1) is 0 Å². The van der Waals surface area contributed by atoms with Gasteiger partial charge in [0, 0.05) is 0 Å². The van der Waals surface area contributed by atoms with Crippen LogP contribution in [0.2, 0.25) is 0 Å². The molecule has 0 N–H and O–H groups in total. The number of alkyl halides is 3. The van der Waals surface area contributed by atoms with E-state index in [-0.39, 0.29) is 11.3 Å². The Morgan fingerprint density at radius 2 is 2.07 bits per heavy atom. The Hall–Kier alpha value is -1.45. The molecule has 1 nitrogen and oxygen atoms in total. The maximum Gasteiger partial charge on any atom is 0.417 e. The predicted octanol–water partition coefficient (Wildman–Crippen LogP) is 3.75. The van der Waals surface area contributed by atoms with E-state index >= 15 is 0 Å². The minimum Gasteiger partial charge on any atom is -0.494 e. The SMILES string of the molecule is C=Cc1ccc(OCC)cc1C(F)(F)F. The van der Waals surface area contributed by atoms with Gasteiger partial charge in [-0.05, 0) is 24.6 Å². The second kappa shape index (κ2) is 4.38. The molecule has 82 valence electrons. The van der Waals surface area contributed by atoms with E-state index in [4.69, 9.17) is 4.74 Å². The van der Waals surface area contributed by atoms with Crippen molar-refractivity contribution in [3.8, 4) is 5.75 Å². The Labute approximate surface area is 86.2 Å². The minimum atomic E-state index is -4.38. The molecular weight excluding hydrogens is 205 g/mol. The van der Waals surface area contributed by atoms with Gasteiger partial charge in [0.05, 0.1) is 12.2 Å². The van der Waals surface area contributed by atoms with Crippen molar-refractivity contribution in [2.45, 2.75) is 13.1 Å². The van der Waals surface area contributed by atoms with E-state index in [2.05, 4.69) is 6.58 Å². The molecule has 0 aromatic heterocycles. The summed E-state index contributed by atoms with van der Waals surface area (Å²) in [5.41, 5.74) is -0.658. The molecule has 0 amide bonds. The van der Waals surface area contributed by atoms with Crippen LogP contribution in [0.1, 0.15) is 18.1 Å². The second-order valence-corrected chi connectivity index (χ2v) is 2.88. The third-order valence-electron chi connectivity index (χ3n) is 1.86. The molecule has 1 aromatic rings. The van der Waals surface area contributed by atoms with Gasteiger partial charge in [-0.15, -0.1) is 0 Å². The molecule has 0 atom stereocenters. The fourth-order valence-corrected chi connectivity index (χ4v) is 1.22. The Morgan fingerprint density at radius 1 is 1.40 bits per heavy atom. The van der Waals surface area contributed by atoms with Crippen LogP contribution in [0.4, 0.5) is 13.2 Å². The predicted molar refractivity (Wildman–Crippen MR) is 52.7 cm³/mol. The lowest BCUT2D eigenvalue weighted by Crippen LogP contribution is -2.07. The first kappa shape index (κ1) is 11.6. The van der Waals surface area contributed by atoms with E-state index in [1.165, 1.54) is 18.2 Å². The van der Waals surface area contributed by atoms with Gasteiger partial charge in [0.15, 0.2) is 0 Å². The van der Waals surface area contributed by atoms with Gasteiger partial charge in [-0.25, -0.2) is 0 Å². The Morgan fingerprint density at radius 3 is 2.53 bits per heavy atom. The largest absolute Gasteiger partial charge is 0.494 e. The summed E-state index contributed by atoms with van der Waals surface area (Å²) >= 11 is 0. The number of rotatable bonds is 3. The van der Waals surface area contributed by atoms with Crippen LogP contribution in [0.15, 0.2) is 24.8 Å². The first-order valence-corrected chi connectivity index (χ1v) is 4.45. The highest BCUT2D eigenvalue weighted by atomic mass is 19.4. The lowest BCUT2D eigenvalue weighted by Gasteiger charge is -2.12. The summed E-state index contributed by atoms with van der Waals surface area (Å²) in [7, 11) is 0. The van der Waals surface area contributed by atoms with Crippen LogP contribution in [0.5, 0.6) is 5.75 Å². The molecule has 0 aliphatic rings. The van der Waals surface area contributed by atoms with E-state index in [1.807, 2.05) is 0 Å². The van der Waals surface area contributed by atoms with Crippen LogP contribution in [-0.2, 0) is 6.18 Å². The molecule has 0 radical (unpaired) electrons. The van der Waals surface area contributed by atoms with Crippen molar-refractivity contribution < 1.29 is 17.9 Å². The zero-order chi connectivity index (χ0) is 11.5. The van der Waals surface area contributed by atoms with Crippen molar-refractivity contribution in [1.82, 2.24) is 0 Å². The van der Waals surface area contributed by atoms with Crippen LogP contribution in [-0.4, -0.2) is 6.61 Å². The number of ether oxygens (including phenoxy) is 1. The number of halogens is 3. The molecule has 0 aliphatic carbocycles. The third-order valence-corrected chi connectivity index (χ3v) is 1.86. The van der Waals surface area contributed by atoms with Gasteiger partial charge in [0.1, 0.15) is 5.75 Å². The molecule has 15 heavy (non-hydrogen) atoms. The Bertz CT molecular complexity index is 355. The Kier molecular flexibility index (Phi) is 3.39. The zero-order valence-corrected chi connectivity index (χ0v) is 8.27. The molecule has 0 unspecified atom stereocenters. The van der Waals surface area contributed by atoms with E-state index in [0.29, 0.717) is 6.61 Å². The topological polar surface area (TPSA) is 9.23 Å². The smallest absolute Gasteiger partial charge is 0.417 e. The van der Waals surface area contributed by atoms with Crippen LogP contribution >= 0.6 is 0 Å². The molecule has 0 fully saturated rings. The van der Waals surface area contributed by atoms with Crippen LogP contribution in [0.3, 0.4) is 0 Å². The summed E-state index contributed by atoms with van der Waals surface area (Å²) in [6, 6.07) is 3.83. The number of hydrogen-bond donors (Lipinski definition) is 0. The maximum atomic E-state index is 12.6. The zero-order valence-electron chi connectivity index (χ0n) is 8.27. The summed E-state index contributed by atoms with van der Waals surface area (Å²) < 4.78 is 42.7. The number of hydrogen-bond acceptors (Lipinski definition) is 1. The molecule has 4 heteroatoms. The lowest BCUT2D eigenvalue weighted by atomic mass is 10.1. The average Bonchev–Trinajstić information content (AvgIpc) is 2.17. The van der Waals surface area contributed by atoms with Crippen molar-refractivity contribution >= 4 is 6.08 Å². The van der Waals surface area contributed by atoms with Crippen molar-refractivity contribution in [3.63, 3.8) is 0 Å². The summed E-state index contributed by atoms with van der Waals surface area (Å²) in [4.78, 5) is 0. The van der Waals surface area contributed by atoms with Gasteiger partial charge in [-0.2, -0.15) is 13.2 Å². The normalized spacial score (nSPS) is 11.2. The van der Waals surface area contributed by atoms with Crippen LogP contribution < -0.4 is 4.74 Å². The van der Waals surface area contributed by atoms with Crippen molar-refractivity contribution in [2.75, 3.05) is 6.61 Å². The highest BCUT2D eigenvalue weighted by Gasteiger charge is 2.33. The molecule has 0 saturated heterocycles.